The van der Waals surface area contributed by atoms with E-state index in [0.717, 1.165) is 79.9 Å². The van der Waals surface area contributed by atoms with Crippen molar-refractivity contribution in [2.24, 2.45) is 0 Å². The fraction of sp³-hybridized carbons (Fsp3) is 0.200. The van der Waals surface area contributed by atoms with Gasteiger partial charge in [-0.25, -0.2) is 9.97 Å². The number of para-hydroxylation sites is 2. The Morgan fingerprint density at radius 2 is 1.42 bits per heavy atom. The molecule has 0 saturated heterocycles. The van der Waals surface area contributed by atoms with Gasteiger partial charge in [0.25, 0.3) is 0 Å². The first-order valence-corrected chi connectivity index (χ1v) is 15.8. The topological polar surface area (TPSA) is 64.1 Å². The maximum Gasteiger partial charge on any atom is 0.145 e. The summed E-state index contributed by atoms with van der Waals surface area (Å²) >= 11 is 0. The number of aromatic hydroxyl groups is 1. The van der Waals surface area contributed by atoms with E-state index in [0.29, 0.717) is 11.8 Å². The Morgan fingerprint density at radius 3 is 2.22 bits per heavy atom. The van der Waals surface area contributed by atoms with Crippen LogP contribution in [-0.4, -0.2) is 19.6 Å². The van der Waals surface area contributed by atoms with Gasteiger partial charge in [0.05, 0.1) is 17.1 Å². The highest BCUT2D eigenvalue weighted by atomic mass is 16.3. The van der Waals surface area contributed by atoms with Crippen LogP contribution in [0.25, 0.3) is 61.7 Å². The second kappa shape index (κ2) is 10.5. The highest BCUT2D eigenvalue weighted by Gasteiger charge is 2.25. The lowest BCUT2D eigenvalue weighted by Crippen LogP contribution is -2.07. The average Bonchev–Trinajstić information content (AvgIpc) is 3.66. The molecule has 1 N–H and O–H groups in total. The molecule has 8 rings (SSSR count). The number of furan rings is 1. The lowest BCUT2D eigenvalue weighted by atomic mass is 9.88. The standard InChI is InChI=1S/C40H35N3O2/c1-23(2)28-11-8-12-29(24(3)4)39(28)43-22-33(32-19-17-26-16-15-25-9-7-13-34(44)37(25)38(26)41-32)42-40(43)27-18-20-36-31(21-27)30-10-5-6-14-35(30)45-36/h5-14,17-24,44H,15-16H2,1-4H3. The van der Waals surface area contributed by atoms with Crippen LogP contribution in [0, 0.1) is 0 Å². The molecule has 1 aliphatic rings. The molecule has 0 radical (unpaired) electrons. The van der Waals surface area contributed by atoms with Crippen LogP contribution in [0.15, 0.2) is 102 Å². The van der Waals surface area contributed by atoms with Crippen molar-refractivity contribution < 1.29 is 9.52 Å². The number of hydrogen-bond acceptors (Lipinski definition) is 4. The number of phenolic OH excluding ortho intramolecular Hbond substituents is 1. The number of nitrogens with zero attached hydrogens (tertiary/aromatic N) is 3. The summed E-state index contributed by atoms with van der Waals surface area (Å²) in [5.41, 5.74) is 12.0. The number of hydrogen-bond donors (Lipinski definition) is 1. The Kier molecular flexibility index (Phi) is 6.38. The minimum Gasteiger partial charge on any atom is -0.507 e. The summed E-state index contributed by atoms with van der Waals surface area (Å²) in [5.74, 6) is 1.77. The van der Waals surface area contributed by atoms with E-state index in [9.17, 15) is 5.11 Å². The van der Waals surface area contributed by atoms with E-state index in [-0.39, 0.29) is 5.75 Å². The van der Waals surface area contributed by atoms with Crippen LogP contribution in [0.2, 0.25) is 0 Å². The Bertz CT molecular complexity index is 2230. The first-order valence-electron chi connectivity index (χ1n) is 15.8. The van der Waals surface area contributed by atoms with Gasteiger partial charge in [-0.15, -0.1) is 0 Å². The van der Waals surface area contributed by atoms with Gasteiger partial charge in [-0.3, -0.25) is 4.57 Å². The number of pyridine rings is 1. The van der Waals surface area contributed by atoms with Gasteiger partial charge >= 0.3 is 0 Å². The van der Waals surface area contributed by atoms with Crippen LogP contribution >= 0.6 is 0 Å². The molecule has 7 aromatic rings. The molecule has 0 amide bonds. The van der Waals surface area contributed by atoms with E-state index in [4.69, 9.17) is 14.4 Å². The molecule has 3 aromatic heterocycles. The second-order valence-corrected chi connectivity index (χ2v) is 12.7. The van der Waals surface area contributed by atoms with E-state index in [2.05, 4.69) is 105 Å². The van der Waals surface area contributed by atoms with E-state index in [1.54, 1.807) is 6.07 Å². The molecular formula is C40H35N3O2. The summed E-state index contributed by atoms with van der Waals surface area (Å²) < 4.78 is 8.44. The number of imidazole rings is 1. The van der Waals surface area contributed by atoms with Crippen molar-refractivity contribution in [3.8, 4) is 45.5 Å². The zero-order valence-corrected chi connectivity index (χ0v) is 26.0. The van der Waals surface area contributed by atoms with Gasteiger partial charge in [0.15, 0.2) is 0 Å². The zero-order chi connectivity index (χ0) is 30.8. The van der Waals surface area contributed by atoms with Gasteiger partial charge in [0.2, 0.25) is 0 Å². The molecule has 0 unspecified atom stereocenters. The first kappa shape index (κ1) is 27.4. The first-order chi connectivity index (χ1) is 21.9. The molecule has 0 atom stereocenters. The van der Waals surface area contributed by atoms with Crippen LogP contribution < -0.4 is 0 Å². The third-order valence-electron chi connectivity index (χ3n) is 9.19. The van der Waals surface area contributed by atoms with Gasteiger partial charge in [-0.1, -0.05) is 82.3 Å². The van der Waals surface area contributed by atoms with Crippen molar-refractivity contribution >= 4 is 21.9 Å². The summed E-state index contributed by atoms with van der Waals surface area (Å²) in [6.45, 7) is 9.00. The van der Waals surface area contributed by atoms with Gasteiger partial charge in [-0.05, 0) is 83.3 Å². The smallest absolute Gasteiger partial charge is 0.145 e. The van der Waals surface area contributed by atoms with Crippen LogP contribution in [0.4, 0.5) is 0 Å². The molecule has 5 nitrogen and oxygen atoms in total. The molecule has 0 spiro atoms. The molecule has 0 saturated carbocycles. The minimum absolute atomic E-state index is 0.275. The van der Waals surface area contributed by atoms with Crippen molar-refractivity contribution in [2.75, 3.05) is 0 Å². The highest BCUT2D eigenvalue weighted by Crippen LogP contribution is 2.41. The van der Waals surface area contributed by atoms with Crippen LogP contribution in [0.1, 0.15) is 61.8 Å². The predicted octanol–water partition coefficient (Wildman–Crippen LogP) is 10.2. The SMILES string of the molecule is CC(C)c1cccc(C(C)C)c1-n1cc(-c2ccc3c(n2)-c2c(O)cccc2CC3)nc1-c1ccc2oc3ccccc3c2c1. The molecule has 1 aliphatic carbocycles. The Labute approximate surface area is 262 Å². The maximum atomic E-state index is 10.9. The van der Waals surface area contributed by atoms with Crippen LogP contribution in [-0.2, 0) is 12.8 Å². The summed E-state index contributed by atoms with van der Waals surface area (Å²) in [7, 11) is 0. The molecule has 4 aromatic carbocycles. The van der Waals surface area contributed by atoms with Gasteiger partial charge in [0.1, 0.15) is 28.4 Å². The number of phenols is 1. The third-order valence-corrected chi connectivity index (χ3v) is 9.19. The van der Waals surface area contributed by atoms with E-state index in [1.807, 2.05) is 18.2 Å². The van der Waals surface area contributed by atoms with Crippen molar-refractivity contribution in [1.29, 1.82) is 0 Å². The highest BCUT2D eigenvalue weighted by molar-refractivity contribution is 6.06. The summed E-state index contributed by atoms with van der Waals surface area (Å²) in [4.78, 5) is 10.5. The average molecular weight is 590 g/mol. The minimum atomic E-state index is 0.275. The fourth-order valence-electron chi connectivity index (χ4n) is 6.92. The Morgan fingerprint density at radius 1 is 0.689 bits per heavy atom. The Hall–Kier alpha value is -5.16. The van der Waals surface area contributed by atoms with Crippen LogP contribution in [0.5, 0.6) is 5.75 Å². The van der Waals surface area contributed by atoms with E-state index >= 15 is 0 Å². The largest absolute Gasteiger partial charge is 0.507 e. The maximum absolute atomic E-state index is 10.9. The van der Waals surface area contributed by atoms with Crippen LogP contribution in [0.3, 0.4) is 0 Å². The lowest BCUT2D eigenvalue weighted by molar-refractivity contribution is 0.476. The molecule has 222 valence electrons. The summed E-state index contributed by atoms with van der Waals surface area (Å²) in [6, 6.07) is 31.2. The molecule has 0 fully saturated rings. The van der Waals surface area contributed by atoms with Crippen molar-refractivity contribution in [1.82, 2.24) is 14.5 Å². The number of fused-ring (bicyclic) bond motifs is 6. The second-order valence-electron chi connectivity index (χ2n) is 12.7. The van der Waals surface area contributed by atoms with E-state index in [1.165, 1.54) is 16.8 Å². The van der Waals surface area contributed by atoms with Crippen molar-refractivity contribution in [3.63, 3.8) is 0 Å². The summed E-state index contributed by atoms with van der Waals surface area (Å²) in [6.07, 6.45) is 3.94. The molecule has 45 heavy (non-hydrogen) atoms. The number of aromatic nitrogens is 3. The van der Waals surface area contributed by atoms with Gasteiger partial charge < -0.3 is 9.52 Å². The number of rotatable bonds is 5. The molecule has 0 bridgehead atoms. The summed E-state index contributed by atoms with van der Waals surface area (Å²) in [5, 5.41) is 13.0. The Balaban J connectivity index is 1.38. The van der Waals surface area contributed by atoms with Gasteiger partial charge in [-0.2, -0.15) is 0 Å². The van der Waals surface area contributed by atoms with Crippen molar-refractivity contribution in [2.45, 2.75) is 52.4 Å². The molecular weight excluding hydrogens is 554 g/mol. The lowest BCUT2D eigenvalue weighted by Gasteiger charge is -2.21. The normalized spacial score (nSPS) is 12.8. The van der Waals surface area contributed by atoms with Crippen molar-refractivity contribution in [3.05, 3.63) is 119 Å². The quantitative estimate of drug-likeness (QED) is 0.217. The monoisotopic (exact) mass is 589 g/mol. The molecule has 3 heterocycles. The predicted molar refractivity (Wildman–Crippen MR) is 182 cm³/mol. The van der Waals surface area contributed by atoms with E-state index < -0.39 is 0 Å². The molecule has 0 aliphatic heterocycles. The molecule has 5 heteroatoms. The van der Waals surface area contributed by atoms with Gasteiger partial charge in [0, 0.05) is 28.1 Å². The number of benzene rings is 4. The fourth-order valence-corrected chi connectivity index (χ4v) is 6.92. The number of aryl methyl sites for hydroxylation is 2. The zero-order valence-electron chi connectivity index (χ0n) is 26.0. The third kappa shape index (κ3) is 4.45.